The molecule has 8 heteroatoms. The quantitative estimate of drug-likeness (QED) is 0.404. The number of nitro benzene ring substituents is 1. The van der Waals surface area contributed by atoms with Crippen molar-refractivity contribution in [3.63, 3.8) is 0 Å². The first-order valence-corrected chi connectivity index (χ1v) is 11.6. The molecule has 3 rings (SSSR count). The van der Waals surface area contributed by atoms with Crippen molar-refractivity contribution in [1.82, 2.24) is 14.5 Å². The number of benzene rings is 1. The van der Waals surface area contributed by atoms with Gasteiger partial charge in [-0.05, 0) is 30.9 Å². The molecule has 1 aromatic carbocycles. The zero-order chi connectivity index (χ0) is 21.7. The standard InChI is InChI=1S/C22H31N5O2S/c1-5-6-9-26-20(11-18-13-25(15-23-18)12-16(2)3)14-30-22(26)24-21-8-7-19(27(28)29)10-17(21)4/h7-8,10,13,15-16,20H,5-6,9,11-12,14H2,1-4H3/t20-/m0/s1. The van der Waals surface area contributed by atoms with Crippen LogP contribution < -0.4 is 0 Å². The number of hydrogen-bond donors (Lipinski definition) is 0. The first-order valence-electron chi connectivity index (χ1n) is 10.6. The van der Waals surface area contributed by atoms with Gasteiger partial charge in [0.15, 0.2) is 5.17 Å². The number of unbranched alkanes of at least 4 members (excludes halogenated alkanes) is 1. The van der Waals surface area contributed by atoms with Crippen LogP contribution in [-0.2, 0) is 13.0 Å². The second kappa shape index (κ2) is 10.1. The first kappa shape index (κ1) is 22.3. The van der Waals surface area contributed by atoms with E-state index in [1.165, 1.54) is 6.07 Å². The monoisotopic (exact) mass is 429 g/mol. The average molecular weight is 430 g/mol. The van der Waals surface area contributed by atoms with Crippen molar-refractivity contribution in [1.29, 1.82) is 0 Å². The van der Waals surface area contributed by atoms with E-state index in [1.54, 1.807) is 23.9 Å². The summed E-state index contributed by atoms with van der Waals surface area (Å²) in [5, 5.41) is 12.0. The zero-order valence-electron chi connectivity index (χ0n) is 18.2. The minimum atomic E-state index is -0.365. The van der Waals surface area contributed by atoms with Gasteiger partial charge in [0.2, 0.25) is 0 Å². The molecule has 1 saturated heterocycles. The van der Waals surface area contributed by atoms with Crippen LogP contribution in [0.15, 0.2) is 35.7 Å². The van der Waals surface area contributed by atoms with E-state index in [2.05, 4.69) is 41.4 Å². The number of non-ortho nitro benzene ring substituents is 1. The molecule has 0 radical (unpaired) electrons. The molecule has 1 aliphatic heterocycles. The first-order chi connectivity index (χ1) is 14.4. The maximum Gasteiger partial charge on any atom is 0.269 e. The number of nitrogens with zero attached hydrogens (tertiary/aromatic N) is 5. The molecule has 0 spiro atoms. The molecule has 1 atom stereocenters. The summed E-state index contributed by atoms with van der Waals surface area (Å²) in [5.41, 5.74) is 2.85. The van der Waals surface area contributed by atoms with E-state index in [0.29, 0.717) is 12.0 Å². The Morgan fingerprint density at radius 3 is 2.87 bits per heavy atom. The van der Waals surface area contributed by atoms with Gasteiger partial charge < -0.3 is 9.47 Å². The Kier molecular flexibility index (Phi) is 7.53. The summed E-state index contributed by atoms with van der Waals surface area (Å²) in [6.45, 7) is 10.4. The number of thioether (sulfide) groups is 1. The molecule has 162 valence electrons. The number of hydrogen-bond acceptors (Lipinski definition) is 5. The smallest absolute Gasteiger partial charge is 0.269 e. The molecule has 2 heterocycles. The van der Waals surface area contributed by atoms with Crippen LogP contribution in [0.2, 0.25) is 0 Å². The minimum absolute atomic E-state index is 0.105. The Hall–Kier alpha value is -2.35. The van der Waals surface area contributed by atoms with Crippen molar-refractivity contribution in [2.75, 3.05) is 12.3 Å². The third-order valence-electron chi connectivity index (χ3n) is 5.16. The van der Waals surface area contributed by atoms with E-state index in [4.69, 9.17) is 4.99 Å². The Labute approximate surface area is 182 Å². The van der Waals surface area contributed by atoms with Crippen LogP contribution in [0, 0.1) is 23.0 Å². The highest BCUT2D eigenvalue weighted by Crippen LogP contribution is 2.31. The lowest BCUT2D eigenvalue weighted by atomic mass is 10.1. The molecule has 0 aliphatic carbocycles. The Balaban J connectivity index is 1.78. The summed E-state index contributed by atoms with van der Waals surface area (Å²) in [6.07, 6.45) is 7.24. The molecule has 1 aliphatic rings. The molecule has 1 aromatic heterocycles. The van der Waals surface area contributed by atoms with E-state index in [0.717, 1.165) is 60.2 Å². The average Bonchev–Trinajstić information content (AvgIpc) is 3.28. The lowest BCUT2D eigenvalue weighted by Gasteiger charge is -2.25. The number of rotatable bonds is 9. The highest BCUT2D eigenvalue weighted by atomic mass is 32.2. The van der Waals surface area contributed by atoms with Crippen LogP contribution in [0.25, 0.3) is 0 Å². The van der Waals surface area contributed by atoms with Crippen molar-refractivity contribution >= 4 is 28.3 Å². The van der Waals surface area contributed by atoms with Crippen LogP contribution in [0.4, 0.5) is 11.4 Å². The maximum absolute atomic E-state index is 11.0. The zero-order valence-corrected chi connectivity index (χ0v) is 19.1. The number of imidazole rings is 1. The predicted molar refractivity (Wildman–Crippen MR) is 124 cm³/mol. The third kappa shape index (κ3) is 5.62. The highest BCUT2D eigenvalue weighted by molar-refractivity contribution is 8.14. The van der Waals surface area contributed by atoms with E-state index in [1.807, 2.05) is 13.3 Å². The van der Waals surface area contributed by atoms with Gasteiger partial charge in [0, 0.05) is 49.6 Å². The van der Waals surface area contributed by atoms with Gasteiger partial charge in [-0.1, -0.05) is 39.0 Å². The van der Waals surface area contributed by atoms with Crippen molar-refractivity contribution in [3.05, 3.63) is 52.1 Å². The van der Waals surface area contributed by atoms with Gasteiger partial charge in [0.25, 0.3) is 5.69 Å². The second-order valence-electron chi connectivity index (χ2n) is 8.29. The van der Waals surface area contributed by atoms with Crippen LogP contribution in [0.1, 0.15) is 44.9 Å². The molecule has 0 amide bonds. The molecule has 30 heavy (non-hydrogen) atoms. The number of nitro groups is 1. The number of aryl methyl sites for hydroxylation is 1. The number of amidine groups is 1. The molecule has 0 bridgehead atoms. The molecule has 1 fully saturated rings. The normalized spacial score (nSPS) is 18.0. The topological polar surface area (TPSA) is 76.6 Å². The van der Waals surface area contributed by atoms with Crippen molar-refractivity contribution in [2.24, 2.45) is 10.9 Å². The largest absolute Gasteiger partial charge is 0.347 e. The molecule has 0 saturated carbocycles. The Bertz CT molecular complexity index is 909. The SMILES string of the molecule is CCCCN1C(=Nc2ccc([N+](=O)[O-])cc2C)SC[C@@H]1Cc1cn(CC(C)C)cn1. The van der Waals surface area contributed by atoms with Crippen molar-refractivity contribution in [2.45, 2.75) is 59.5 Å². The fourth-order valence-corrected chi connectivity index (χ4v) is 4.84. The number of aromatic nitrogens is 2. The highest BCUT2D eigenvalue weighted by Gasteiger charge is 2.30. The summed E-state index contributed by atoms with van der Waals surface area (Å²) >= 11 is 1.77. The minimum Gasteiger partial charge on any atom is -0.347 e. The summed E-state index contributed by atoms with van der Waals surface area (Å²) in [5.74, 6) is 1.57. The van der Waals surface area contributed by atoms with Gasteiger partial charge in [-0.2, -0.15) is 0 Å². The van der Waals surface area contributed by atoms with Gasteiger partial charge in [0.05, 0.1) is 22.6 Å². The Morgan fingerprint density at radius 2 is 2.20 bits per heavy atom. The fraction of sp³-hybridized carbons (Fsp3) is 0.545. The summed E-state index contributed by atoms with van der Waals surface area (Å²) in [7, 11) is 0. The maximum atomic E-state index is 11.0. The van der Waals surface area contributed by atoms with Crippen LogP contribution in [-0.4, -0.2) is 42.9 Å². The Morgan fingerprint density at radius 1 is 1.40 bits per heavy atom. The van der Waals surface area contributed by atoms with E-state index < -0.39 is 0 Å². The van der Waals surface area contributed by atoms with Crippen LogP contribution in [0.3, 0.4) is 0 Å². The summed E-state index contributed by atoms with van der Waals surface area (Å²) in [6, 6.07) is 5.23. The summed E-state index contributed by atoms with van der Waals surface area (Å²) in [4.78, 5) is 22.5. The molecule has 0 unspecified atom stereocenters. The van der Waals surface area contributed by atoms with E-state index in [-0.39, 0.29) is 10.6 Å². The lowest BCUT2D eigenvalue weighted by molar-refractivity contribution is -0.384. The van der Waals surface area contributed by atoms with E-state index in [9.17, 15) is 10.1 Å². The molecular formula is C22H31N5O2S. The predicted octanol–water partition coefficient (Wildman–Crippen LogP) is 5.20. The third-order valence-corrected chi connectivity index (χ3v) is 6.29. The van der Waals surface area contributed by atoms with Gasteiger partial charge in [-0.3, -0.25) is 10.1 Å². The molecule has 7 nitrogen and oxygen atoms in total. The molecule has 0 N–H and O–H groups in total. The fourth-order valence-electron chi connectivity index (χ4n) is 3.63. The van der Waals surface area contributed by atoms with Gasteiger partial charge in [-0.15, -0.1) is 0 Å². The lowest BCUT2D eigenvalue weighted by Crippen LogP contribution is -2.36. The van der Waals surface area contributed by atoms with Crippen molar-refractivity contribution < 1.29 is 4.92 Å². The molecular weight excluding hydrogens is 398 g/mol. The van der Waals surface area contributed by atoms with Crippen LogP contribution >= 0.6 is 11.8 Å². The van der Waals surface area contributed by atoms with E-state index >= 15 is 0 Å². The van der Waals surface area contributed by atoms with Gasteiger partial charge in [-0.25, -0.2) is 9.98 Å². The van der Waals surface area contributed by atoms with Gasteiger partial charge in [0.1, 0.15) is 0 Å². The van der Waals surface area contributed by atoms with Crippen LogP contribution in [0.5, 0.6) is 0 Å². The second-order valence-corrected chi connectivity index (χ2v) is 9.28. The van der Waals surface area contributed by atoms with Gasteiger partial charge >= 0.3 is 0 Å². The summed E-state index contributed by atoms with van der Waals surface area (Å²) < 4.78 is 2.17. The molecule has 2 aromatic rings. The van der Waals surface area contributed by atoms with Crippen molar-refractivity contribution in [3.8, 4) is 0 Å². The number of aliphatic imine (C=N–C) groups is 1.